The third kappa shape index (κ3) is 2.06. The van der Waals surface area contributed by atoms with E-state index in [9.17, 15) is 0 Å². The van der Waals surface area contributed by atoms with Gasteiger partial charge in [-0.2, -0.15) is 0 Å². The van der Waals surface area contributed by atoms with Gasteiger partial charge in [0.1, 0.15) is 5.82 Å². The van der Waals surface area contributed by atoms with Gasteiger partial charge in [0.15, 0.2) is 6.29 Å². The second-order valence-corrected chi connectivity index (χ2v) is 2.53. The highest BCUT2D eigenvalue weighted by molar-refractivity contribution is 4.88. The van der Waals surface area contributed by atoms with Crippen LogP contribution in [0.2, 0.25) is 0 Å². The zero-order valence-electron chi connectivity index (χ0n) is 7.65. The molecule has 0 aliphatic carbocycles. The monoisotopic (exact) mass is 170 g/mol. The molecule has 4 nitrogen and oxygen atoms in total. The molecule has 68 valence electrons. The fraction of sp³-hybridized carbons (Fsp3) is 0.625. The standard InChI is InChI=1S/C8H14N2O2/c1-7-9-4-5-10(7)6-8(11-2)12-3/h4-5,8H,6H2,1-3H3. The molecule has 0 atom stereocenters. The first-order valence-corrected chi connectivity index (χ1v) is 3.81. The predicted molar refractivity (Wildman–Crippen MR) is 44.8 cm³/mol. The Labute approximate surface area is 72.1 Å². The highest BCUT2D eigenvalue weighted by Crippen LogP contribution is 2.00. The lowest BCUT2D eigenvalue weighted by Gasteiger charge is -2.14. The Bertz CT molecular complexity index is 231. The molecule has 0 radical (unpaired) electrons. The molecule has 0 amide bonds. The summed E-state index contributed by atoms with van der Waals surface area (Å²) in [5, 5.41) is 0. The molecule has 1 rings (SSSR count). The summed E-state index contributed by atoms with van der Waals surface area (Å²) < 4.78 is 12.1. The van der Waals surface area contributed by atoms with Gasteiger partial charge in [0.05, 0.1) is 6.54 Å². The molecule has 1 aromatic rings. The van der Waals surface area contributed by atoms with Crippen LogP contribution < -0.4 is 0 Å². The van der Waals surface area contributed by atoms with Crippen LogP contribution in [0.3, 0.4) is 0 Å². The van der Waals surface area contributed by atoms with Crippen LogP contribution in [0.1, 0.15) is 5.82 Å². The number of imidazole rings is 1. The van der Waals surface area contributed by atoms with Crippen LogP contribution in [0.5, 0.6) is 0 Å². The summed E-state index contributed by atoms with van der Waals surface area (Å²) in [6.45, 7) is 2.63. The van der Waals surface area contributed by atoms with Crippen LogP contribution in [0.25, 0.3) is 0 Å². The van der Waals surface area contributed by atoms with E-state index in [-0.39, 0.29) is 6.29 Å². The third-order valence-corrected chi connectivity index (χ3v) is 1.80. The number of rotatable bonds is 4. The topological polar surface area (TPSA) is 36.3 Å². The second-order valence-electron chi connectivity index (χ2n) is 2.53. The average molecular weight is 170 g/mol. The lowest BCUT2D eigenvalue weighted by Crippen LogP contribution is -2.20. The molecule has 4 heteroatoms. The van der Waals surface area contributed by atoms with Crippen LogP contribution in [-0.4, -0.2) is 30.1 Å². The van der Waals surface area contributed by atoms with Crippen LogP contribution in [0.15, 0.2) is 12.4 Å². The fourth-order valence-electron chi connectivity index (χ4n) is 1.00. The van der Waals surface area contributed by atoms with Gasteiger partial charge in [-0.25, -0.2) is 4.98 Å². The number of nitrogens with zero attached hydrogens (tertiary/aromatic N) is 2. The van der Waals surface area contributed by atoms with Crippen molar-refractivity contribution in [1.29, 1.82) is 0 Å². The molecular weight excluding hydrogens is 156 g/mol. The smallest absolute Gasteiger partial charge is 0.174 e. The normalized spacial score (nSPS) is 11.0. The van der Waals surface area contributed by atoms with Crippen molar-refractivity contribution in [2.24, 2.45) is 0 Å². The summed E-state index contributed by atoms with van der Waals surface area (Å²) >= 11 is 0. The van der Waals surface area contributed by atoms with Crippen LogP contribution in [-0.2, 0) is 16.0 Å². The lowest BCUT2D eigenvalue weighted by atomic mass is 10.5. The maximum atomic E-state index is 5.06. The molecule has 0 fully saturated rings. The number of ether oxygens (including phenoxy) is 2. The van der Waals surface area contributed by atoms with Gasteiger partial charge in [-0.1, -0.05) is 0 Å². The maximum Gasteiger partial charge on any atom is 0.174 e. The minimum atomic E-state index is -0.196. The minimum Gasteiger partial charge on any atom is -0.354 e. The Balaban J connectivity index is 2.56. The predicted octanol–water partition coefficient (Wildman–Crippen LogP) is 0.810. The van der Waals surface area contributed by atoms with E-state index in [4.69, 9.17) is 9.47 Å². The SMILES string of the molecule is COC(Cn1ccnc1C)OC. The second kappa shape index (κ2) is 4.23. The van der Waals surface area contributed by atoms with Gasteiger partial charge in [0.2, 0.25) is 0 Å². The number of hydrogen-bond donors (Lipinski definition) is 0. The van der Waals surface area contributed by atoms with Gasteiger partial charge >= 0.3 is 0 Å². The summed E-state index contributed by atoms with van der Waals surface area (Å²) in [6, 6.07) is 0. The molecule has 1 aromatic heterocycles. The molecule has 0 unspecified atom stereocenters. The van der Waals surface area contributed by atoms with Gasteiger partial charge in [-0.05, 0) is 6.92 Å². The van der Waals surface area contributed by atoms with Crippen molar-refractivity contribution in [2.45, 2.75) is 19.8 Å². The summed E-state index contributed by atoms with van der Waals surface area (Å²) in [4.78, 5) is 4.09. The van der Waals surface area contributed by atoms with Gasteiger partial charge in [-0.15, -0.1) is 0 Å². The molecule has 0 aromatic carbocycles. The molecule has 0 saturated carbocycles. The van der Waals surface area contributed by atoms with Gasteiger partial charge < -0.3 is 14.0 Å². The van der Waals surface area contributed by atoms with Crippen LogP contribution >= 0.6 is 0 Å². The van der Waals surface area contributed by atoms with E-state index in [0.717, 1.165) is 5.82 Å². The molecule has 0 saturated heterocycles. The lowest BCUT2D eigenvalue weighted by molar-refractivity contribution is -0.111. The molecule has 0 aliphatic heterocycles. The number of aryl methyl sites for hydroxylation is 1. The molecule has 1 heterocycles. The summed E-state index contributed by atoms with van der Waals surface area (Å²) in [6.07, 6.45) is 3.47. The molecule has 0 aliphatic rings. The van der Waals surface area contributed by atoms with Gasteiger partial charge in [0.25, 0.3) is 0 Å². The average Bonchev–Trinajstić information content (AvgIpc) is 2.47. The van der Waals surface area contributed by atoms with Crippen LogP contribution in [0.4, 0.5) is 0 Å². The van der Waals surface area contributed by atoms with Crippen molar-refractivity contribution in [2.75, 3.05) is 14.2 Å². The first-order chi connectivity index (χ1) is 5.77. The first kappa shape index (κ1) is 9.22. The quantitative estimate of drug-likeness (QED) is 0.627. The maximum absolute atomic E-state index is 5.06. The van der Waals surface area contributed by atoms with Crippen molar-refractivity contribution in [3.63, 3.8) is 0 Å². The van der Waals surface area contributed by atoms with Crippen molar-refractivity contribution in [3.8, 4) is 0 Å². The number of hydrogen-bond acceptors (Lipinski definition) is 3. The molecule has 12 heavy (non-hydrogen) atoms. The first-order valence-electron chi connectivity index (χ1n) is 3.81. The highest BCUT2D eigenvalue weighted by atomic mass is 16.7. The molecule has 0 spiro atoms. The van der Waals surface area contributed by atoms with E-state index >= 15 is 0 Å². The van der Waals surface area contributed by atoms with Gasteiger partial charge in [-0.3, -0.25) is 0 Å². The summed E-state index contributed by atoms with van der Waals surface area (Å²) in [5.74, 6) is 0.967. The fourth-order valence-corrected chi connectivity index (χ4v) is 1.00. The van der Waals surface area contributed by atoms with Crippen molar-refractivity contribution < 1.29 is 9.47 Å². The highest BCUT2D eigenvalue weighted by Gasteiger charge is 2.06. The van der Waals surface area contributed by atoms with E-state index in [1.54, 1.807) is 20.4 Å². The van der Waals surface area contributed by atoms with E-state index in [1.807, 2.05) is 17.7 Å². The Morgan fingerprint density at radius 1 is 1.50 bits per heavy atom. The van der Waals surface area contributed by atoms with E-state index < -0.39 is 0 Å². The van der Waals surface area contributed by atoms with Crippen molar-refractivity contribution >= 4 is 0 Å². The van der Waals surface area contributed by atoms with Crippen molar-refractivity contribution in [3.05, 3.63) is 18.2 Å². The van der Waals surface area contributed by atoms with E-state index in [2.05, 4.69) is 4.98 Å². The summed E-state index contributed by atoms with van der Waals surface area (Å²) in [5.41, 5.74) is 0. The largest absolute Gasteiger partial charge is 0.354 e. The Morgan fingerprint density at radius 2 is 2.17 bits per heavy atom. The summed E-state index contributed by atoms with van der Waals surface area (Å²) in [7, 11) is 3.25. The Kier molecular flexibility index (Phi) is 3.25. The molecule has 0 N–H and O–H groups in total. The minimum absolute atomic E-state index is 0.196. The number of aromatic nitrogens is 2. The number of methoxy groups -OCH3 is 2. The van der Waals surface area contributed by atoms with E-state index in [1.165, 1.54) is 0 Å². The van der Waals surface area contributed by atoms with E-state index in [0.29, 0.717) is 6.54 Å². The molecular formula is C8H14N2O2. The Morgan fingerprint density at radius 3 is 2.58 bits per heavy atom. The molecule has 0 bridgehead atoms. The van der Waals surface area contributed by atoms with Crippen LogP contribution in [0, 0.1) is 6.92 Å². The Hall–Kier alpha value is -0.870. The van der Waals surface area contributed by atoms with Crippen molar-refractivity contribution in [1.82, 2.24) is 9.55 Å². The zero-order chi connectivity index (χ0) is 8.97. The van der Waals surface area contributed by atoms with Gasteiger partial charge in [0, 0.05) is 26.6 Å². The zero-order valence-corrected chi connectivity index (χ0v) is 7.65. The third-order valence-electron chi connectivity index (χ3n) is 1.80.